The topological polar surface area (TPSA) is 83.8 Å². The Balaban J connectivity index is 1.53. The smallest absolute Gasteiger partial charge is 0.338 e. The Bertz CT molecular complexity index is 1280. The van der Waals surface area contributed by atoms with Gasteiger partial charge in [0, 0.05) is 0 Å². The van der Waals surface area contributed by atoms with E-state index in [9.17, 15) is 19.1 Å². The van der Waals surface area contributed by atoms with E-state index in [0.29, 0.717) is 22.3 Å². The molecule has 5 nitrogen and oxygen atoms in total. The molecule has 0 fully saturated rings. The molecule has 0 aliphatic heterocycles. The van der Waals surface area contributed by atoms with Gasteiger partial charge in [-0.25, -0.2) is 14.0 Å². The van der Waals surface area contributed by atoms with Gasteiger partial charge in [-0.05, 0) is 69.9 Å². The van der Waals surface area contributed by atoms with Crippen LogP contribution in [0.2, 0.25) is 0 Å². The highest BCUT2D eigenvalue weighted by Crippen LogP contribution is 2.27. The van der Waals surface area contributed by atoms with Crippen LogP contribution in [0, 0.1) is 5.82 Å². The number of carboxylic acids is 1. The Labute approximate surface area is 183 Å². The number of carbonyl (C=O) groups excluding carboxylic acids is 1. The number of carbonyl (C=O) groups is 2. The van der Waals surface area contributed by atoms with E-state index in [4.69, 9.17) is 9.84 Å². The molecule has 0 radical (unpaired) electrons. The summed E-state index contributed by atoms with van der Waals surface area (Å²) in [5, 5.41) is 21.4. The Kier molecular flexibility index (Phi) is 5.96. The average Bonchev–Trinajstić information content (AvgIpc) is 2.82. The Morgan fingerprint density at radius 2 is 1.41 bits per heavy atom. The maximum absolute atomic E-state index is 13.0. The molecular weight excluding hydrogens is 411 g/mol. The number of hydrogen-bond acceptors (Lipinski definition) is 4. The number of halogens is 1. The number of aliphatic hydroxyl groups is 1. The quantitative estimate of drug-likeness (QED) is 0.415. The lowest BCUT2D eigenvalue weighted by Gasteiger charge is -2.13. The predicted molar refractivity (Wildman–Crippen MR) is 117 cm³/mol. The molecule has 4 rings (SSSR count). The summed E-state index contributed by atoms with van der Waals surface area (Å²) < 4.78 is 18.3. The first-order valence-corrected chi connectivity index (χ1v) is 9.87. The molecule has 4 aromatic carbocycles. The van der Waals surface area contributed by atoms with E-state index in [1.807, 2.05) is 6.07 Å². The van der Waals surface area contributed by atoms with E-state index in [0.717, 1.165) is 10.8 Å². The summed E-state index contributed by atoms with van der Waals surface area (Å²) >= 11 is 0. The maximum atomic E-state index is 13.0. The highest BCUT2D eigenvalue weighted by atomic mass is 19.1. The normalized spacial score (nSPS) is 11.8. The monoisotopic (exact) mass is 430 g/mol. The van der Waals surface area contributed by atoms with Crippen LogP contribution in [0.3, 0.4) is 0 Å². The third-order valence-corrected chi connectivity index (χ3v) is 5.17. The lowest BCUT2D eigenvalue weighted by molar-refractivity contribution is 0.0472. The van der Waals surface area contributed by atoms with Crippen LogP contribution in [-0.4, -0.2) is 22.2 Å². The van der Waals surface area contributed by atoms with E-state index < -0.39 is 18.0 Å². The van der Waals surface area contributed by atoms with Gasteiger partial charge in [0.25, 0.3) is 0 Å². The number of hydrogen-bond donors (Lipinski definition) is 2. The number of aliphatic hydroxyl groups excluding tert-OH is 1. The molecule has 0 aromatic heterocycles. The average molecular weight is 430 g/mol. The molecular formula is C26H19FO5. The zero-order valence-electron chi connectivity index (χ0n) is 16.9. The Morgan fingerprint density at radius 1 is 0.781 bits per heavy atom. The minimum absolute atomic E-state index is 0.0300. The molecule has 4 aromatic rings. The van der Waals surface area contributed by atoms with Crippen LogP contribution in [0.4, 0.5) is 4.39 Å². The number of rotatable bonds is 6. The number of ether oxygens (including phenoxy) is 1. The largest absolute Gasteiger partial charge is 0.478 e. The first-order chi connectivity index (χ1) is 15.4. The molecule has 0 heterocycles. The lowest BCUT2D eigenvalue weighted by Crippen LogP contribution is -2.05. The van der Waals surface area contributed by atoms with Gasteiger partial charge in [-0.2, -0.15) is 0 Å². The number of aromatic carboxylic acids is 1. The van der Waals surface area contributed by atoms with Crippen LogP contribution in [-0.2, 0) is 11.3 Å². The SMILES string of the molecule is O=C(O)c1ccc(C(O)c2ccc3ccc(C(=O)OCc4ccc(F)cc4)cc3c2)cc1. The number of fused-ring (bicyclic) bond motifs is 1. The fourth-order valence-electron chi connectivity index (χ4n) is 3.38. The van der Waals surface area contributed by atoms with E-state index in [1.165, 1.54) is 24.3 Å². The van der Waals surface area contributed by atoms with Crippen LogP contribution < -0.4 is 0 Å². The highest BCUT2D eigenvalue weighted by Gasteiger charge is 2.14. The molecule has 0 spiro atoms. The summed E-state index contributed by atoms with van der Waals surface area (Å²) in [6.07, 6.45) is -0.948. The maximum Gasteiger partial charge on any atom is 0.338 e. The number of esters is 1. The molecule has 0 saturated heterocycles. The van der Waals surface area contributed by atoms with Gasteiger partial charge in [0.2, 0.25) is 0 Å². The first-order valence-electron chi connectivity index (χ1n) is 9.87. The van der Waals surface area contributed by atoms with Crippen molar-refractivity contribution < 1.29 is 28.9 Å². The summed E-state index contributed by atoms with van der Waals surface area (Å²) in [5.74, 6) is -1.90. The second-order valence-corrected chi connectivity index (χ2v) is 7.35. The second-order valence-electron chi connectivity index (χ2n) is 7.35. The molecule has 0 aliphatic rings. The second kappa shape index (κ2) is 8.99. The molecule has 2 N–H and O–H groups in total. The van der Waals surface area contributed by atoms with Crippen LogP contribution in [0.5, 0.6) is 0 Å². The van der Waals surface area contributed by atoms with Gasteiger partial charge < -0.3 is 14.9 Å². The molecule has 1 atom stereocenters. The highest BCUT2D eigenvalue weighted by molar-refractivity contribution is 5.95. The van der Waals surface area contributed by atoms with Gasteiger partial charge in [0.15, 0.2) is 0 Å². The molecule has 160 valence electrons. The van der Waals surface area contributed by atoms with Gasteiger partial charge in [-0.3, -0.25) is 0 Å². The van der Waals surface area contributed by atoms with E-state index in [1.54, 1.807) is 54.6 Å². The van der Waals surface area contributed by atoms with Crippen molar-refractivity contribution in [3.8, 4) is 0 Å². The van der Waals surface area contributed by atoms with Crippen LogP contribution in [0.1, 0.15) is 43.5 Å². The van der Waals surface area contributed by atoms with Gasteiger partial charge >= 0.3 is 11.9 Å². The van der Waals surface area contributed by atoms with Gasteiger partial charge in [-0.1, -0.05) is 42.5 Å². The van der Waals surface area contributed by atoms with E-state index in [2.05, 4.69) is 0 Å². The number of benzene rings is 4. The predicted octanol–water partition coefficient (Wildman–Crippen LogP) is 5.12. The molecule has 0 aliphatic carbocycles. The van der Waals surface area contributed by atoms with Crippen molar-refractivity contribution in [1.82, 2.24) is 0 Å². The van der Waals surface area contributed by atoms with Crippen molar-refractivity contribution in [2.75, 3.05) is 0 Å². The standard InChI is InChI=1S/C26H19FO5/c27-23-11-1-16(2-12-23)15-32-26(31)21-10-4-17-3-9-20(13-22(17)14-21)24(28)18-5-7-19(8-6-18)25(29)30/h1-14,24,28H,15H2,(H,29,30). The third kappa shape index (κ3) is 4.66. The third-order valence-electron chi connectivity index (χ3n) is 5.17. The Hall–Kier alpha value is -4.03. The van der Waals surface area contributed by atoms with Gasteiger partial charge in [-0.15, -0.1) is 0 Å². The molecule has 32 heavy (non-hydrogen) atoms. The van der Waals surface area contributed by atoms with E-state index in [-0.39, 0.29) is 18.0 Å². The zero-order chi connectivity index (χ0) is 22.7. The molecule has 0 bridgehead atoms. The summed E-state index contributed by atoms with van der Waals surface area (Å²) in [5.41, 5.74) is 2.35. The molecule has 0 amide bonds. The molecule has 1 unspecified atom stereocenters. The Morgan fingerprint density at radius 3 is 2.09 bits per heavy atom. The van der Waals surface area contributed by atoms with E-state index >= 15 is 0 Å². The molecule has 6 heteroatoms. The van der Waals surface area contributed by atoms with Crippen molar-refractivity contribution in [3.05, 3.63) is 119 Å². The summed E-state index contributed by atoms with van der Waals surface area (Å²) in [4.78, 5) is 23.5. The lowest BCUT2D eigenvalue weighted by atomic mass is 9.97. The first kappa shape index (κ1) is 21.2. The summed E-state index contributed by atoms with van der Waals surface area (Å²) in [6, 6.07) is 22.3. The van der Waals surface area contributed by atoms with Crippen LogP contribution >= 0.6 is 0 Å². The number of carboxylic acid groups (broad SMARTS) is 1. The van der Waals surface area contributed by atoms with Gasteiger partial charge in [0.1, 0.15) is 18.5 Å². The van der Waals surface area contributed by atoms with Crippen molar-refractivity contribution in [1.29, 1.82) is 0 Å². The molecule has 0 saturated carbocycles. The van der Waals surface area contributed by atoms with Crippen LogP contribution in [0.15, 0.2) is 84.9 Å². The van der Waals surface area contributed by atoms with Gasteiger partial charge in [0.05, 0.1) is 11.1 Å². The van der Waals surface area contributed by atoms with Crippen LogP contribution in [0.25, 0.3) is 10.8 Å². The zero-order valence-corrected chi connectivity index (χ0v) is 16.9. The fourth-order valence-corrected chi connectivity index (χ4v) is 3.38. The minimum atomic E-state index is -1.03. The summed E-state index contributed by atoms with van der Waals surface area (Å²) in [6.45, 7) is 0.0300. The fraction of sp³-hybridized carbons (Fsp3) is 0.0769. The van der Waals surface area contributed by atoms with Crippen molar-refractivity contribution in [2.24, 2.45) is 0 Å². The minimum Gasteiger partial charge on any atom is -0.478 e. The van der Waals surface area contributed by atoms with Crippen molar-refractivity contribution in [3.63, 3.8) is 0 Å². The van der Waals surface area contributed by atoms with Crippen molar-refractivity contribution >= 4 is 22.7 Å². The summed E-state index contributed by atoms with van der Waals surface area (Å²) in [7, 11) is 0. The van der Waals surface area contributed by atoms with Crippen molar-refractivity contribution in [2.45, 2.75) is 12.7 Å².